The Labute approximate surface area is 132 Å². The van der Waals surface area contributed by atoms with Crippen LogP contribution in [0.25, 0.3) is 0 Å². The molecule has 0 radical (unpaired) electrons. The topological polar surface area (TPSA) is 66.4 Å². The van der Waals surface area contributed by atoms with E-state index in [0.29, 0.717) is 6.42 Å². The van der Waals surface area contributed by atoms with Crippen LogP contribution in [-0.4, -0.2) is 23.4 Å². The first kappa shape index (κ1) is 18.4. The Bertz CT molecular complexity index is 482. The molecule has 22 heavy (non-hydrogen) atoms. The highest BCUT2D eigenvalue weighted by molar-refractivity contribution is 5.92. The number of rotatable bonds is 9. The van der Waals surface area contributed by atoms with Gasteiger partial charge in [0.15, 0.2) is 5.78 Å². The first-order chi connectivity index (χ1) is 10.5. The SMILES string of the molecule is CCC(CCCC(C)C(=O)CO)C(=O)Nc1ccc(C)cc1. The third kappa shape index (κ3) is 5.98. The Morgan fingerprint density at radius 3 is 2.36 bits per heavy atom. The molecule has 4 heteroatoms. The van der Waals surface area contributed by atoms with Crippen LogP contribution < -0.4 is 5.32 Å². The molecule has 0 spiro atoms. The van der Waals surface area contributed by atoms with Gasteiger partial charge in [0.25, 0.3) is 0 Å². The predicted octanol–water partition coefficient (Wildman–Crippen LogP) is 3.33. The Morgan fingerprint density at radius 2 is 1.82 bits per heavy atom. The average molecular weight is 305 g/mol. The summed E-state index contributed by atoms with van der Waals surface area (Å²) in [6.07, 6.45) is 3.07. The summed E-state index contributed by atoms with van der Waals surface area (Å²) >= 11 is 0. The smallest absolute Gasteiger partial charge is 0.227 e. The zero-order valence-corrected chi connectivity index (χ0v) is 13.8. The molecule has 0 bridgehead atoms. The summed E-state index contributed by atoms with van der Waals surface area (Å²) in [7, 11) is 0. The lowest BCUT2D eigenvalue weighted by molar-refractivity contribution is -0.125. The van der Waals surface area contributed by atoms with Crippen LogP contribution in [0.15, 0.2) is 24.3 Å². The quantitative estimate of drug-likeness (QED) is 0.735. The molecule has 4 nitrogen and oxygen atoms in total. The molecule has 1 aromatic carbocycles. The van der Waals surface area contributed by atoms with Gasteiger partial charge in [-0.15, -0.1) is 0 Å². The second kappa shape index (κ2) is 9.36. The molecule has 1 aromatic rings. The maximum absolute atomic E-state index is 12.3. The monoisotopic (exact) mass is 305 g/mol. The van der Waals surface area contributed by atoms with E-state index in [1.165, 1.54) is 0 Å². The van der Waals surface area contributed by atoms with Crippen molar-refractivity contribution in [2.45, 2.75) is 46.5 Å². The number of carbonyl (C=O) groups excluding carboxylic acids is 2. The van der Waals surface area contributed by atoms with Gasteiger partial charge in [-0.2, -0.15) is 0 Å². The minimum Gasteiger partial charge on any atom is -0.389 e. The molecule has 0 heterocycles. The highest BCUT2D eigenvalue weighted by Gasteiger charge is 2.18. The number of hydrogen-bond acceptors (Lipinski definition) is 3. The summed E-state index contributed by atoms with van der Waals surface area (Å²) in [5, 5.41) is 11.8. The molecule has 0 fully saturated rings. The van der Waals surface area contributed by atoms with Crippen molar-refractivity contribution in [1.82, 2.24) is 0 Å². The van der Waals surface area contributed by atoms with Crippen molar-refractivity contribution < 1.29 is 14.7 Å². The second-order valence-corrected chi connectivity index (χ2v) is 5.92. The lowest BCUT2D eigenvalue weighted by Crippen LogP contribution is -2.23. The number of ketones is 1. The summed E-state index contributed by atoms with van der Waals surface area (Å²) in [6.45, 7) is 5.44. The van der Waals surface area contributed by atoms with E-state index in [-0.39, 0.29) is 23.5 Å². The molecule has 0 aliphatic heterocycles. The number of carbonyl (C=O) groups is 2. The normalized spacial score (nSPS) is 13.5. The molecule has 0 aliphatic carbocycles. The van der Waals surface area contributed by atoms with Crippen molar-refractivity contribution in [3.63, 3.8) is 0 Å². The maximum atomic E-state index is 12.3. The highest BCUT2D eigenvalue weighted by Crippen LogP contribution is 2.19. The van der Waals surface area contributed by atoms with Gasteiger partial charge < -0.3 is 10.4 Å². The van der Waals surface area contributed by atoms with E-state index < -0.39 is 6.61 Å². The van der Waals surface area contributed by atoms with Crippen LogP contribution in [0.3, 0.4) is 0 Å². The van der Waals surface area contributed by atoms with Crippen LogP contribution in [0.2, 0.25) is 0 Å². The van der Waals surface area contributed by atoms with E-state index in [2.05, 4.69) is 5.32 Å². The number of benzene rings is 1. The number of aryl methyl sites for hydroxylation is 1. The van der Waals surface area contributed by atoms with Crippen molar-refractivity contribution >= 4 is 17.4 Å². The standard InChI is InChI=1S/C18H27NO3/c1-4-15(7-5-6-14(3)17(21)12-20)18(22)19-16-10-8-13(2)9-11-16/h8-11,14-15,20H,4-7,12H2,1-3H3,(H,19,22). The summed E-state index contributed by atoms with van der Waals surface area (Å²) in [5.41, 5.74) is 1.98. The van der Waals surface area contributed by atoms with Crippen molar-refractivity contribution in [2.24, 2.45) is 11.8 Å². The average Bonchev–Trinajstić information content (AvgIpc) is 2.52. The largest absolute Gasteiger partial charge is 0.389 e. The van der Waals surface area contributed by atoms with Gasteiger partial charge >= 0.3 is 0 Å². The van der Waals surface area contributed by atoms with E-state index in [1.807, 2.05) is 45.0 Å². The second-order valence-electron chi connectivity index (χ2n) is 5.92. The molecule has 122 valence electrons. The number of nitrogens with one attached hydrogen (secondary N) is 1. The fourth-order valence-corrected chi connectivity index (χ4v) is 2.39. The van der Waals surface area contributed by atoms with E-state index >= 15 is 0 Å². The number of anilines is 1. The molecule has 1 rings (SSSR count). The van der Waals surface area contributed by atoms with Crippen molar-refractivity contribution in [3.05, 3.63) is 29.8 Å². The molecular formula is C18H27NO3. The summed E-state index contributed by atoms with van der Waals surface area (Å²) in [4.78, 5) is 23.6. The van der Waals surface area contributed by atoms with E-state index in [4.69, 9.17) is 5.11 Å². The van der Waals surface area contributed by atoms with E-state index in [1.54, 1.807) is 0 Å². The first-order valence-electron chi connectivity index (χ1n) is 7.99. The Morgan fingerprint density at radius 1 is 1.18 bits per heavy atom. The van der Waals surface area contributed by atoms with Crippen molar-refractivity contribution in [2.75, 3.05) is 11.9 Å². The van der Waals surface area contributed by atoms with Crippen LogP contribution in [0.4, 0.5) is 5.69 Å². The van der Waals surface area contributed by atoms with Gasteiger partial charge in [0.05, 0.1) is 0 Å². The zero-order valence-electron chi connectivity index (χ0n) is 13.8. The van der Waals surface area contributed by atoms with Crippen LogP contribution in [0, 0.1) is 18.8 Å². The highest BCUT2D eigenvalue weighted by atomic mass is 16.3. The minimum atomic E-state index is -0.397. The maximum Gasteiger partial charge on any atom is 0.227 e. The number of Topliss-reactive ketones (excluding diaryl/α,β-unsaturated/α-hetero) is 1. The van der Waals surface area contributed by atoms with Gasteiger partial charge in [0, 0.05) is 17.5 Å². The molecule has 0 saturated carbocycles. The summed E-state index contributed by atoms with van der Waals surface area (Å²) < 4.78 is 0. The molecule has 2 unspecified atom stereocenters. The fraction of sp³-hybridized carbons (Fsp3) is 0.556. The Balaban J connectivity index is 2.44. The van der Waals surface area contributed by atoms with Gasteiger partial charge in [-0.3, -0.25) is 9.59 Å². The molecule has 2 N–H and O–H groups in total. The van der Waals surface area contributed by atoms with Crippen LogP contribution in [0.1, 0.15) is 45.1 Å². The fourth-order valence-electron chi connectivity index (χ4n) is 2.39. The number of aliphatic hydroxyl groups is 1. The minimum absolute atomic E-state index is 0.0347. The molecular weight excluding hydrogens is 278 g/mol. The summed E-state index contributed by atoms with van der Waals surface area (Å²) in [5.74, 6) is -0.273. The lowest BCUT2D eigenvalue weighted by atomic mass is 9.93. The third-order valence-electron chi connectivity index (χ3n) is 4.08. The summed E-state index contributed by atoms with van der Waals surface area (Å²) in [6, 6.07) is 7.75. The Hall–Kier alpha value is -1.68. The van der Waals surface area contributed by atoms with Gasteiger partial charge in [0.2, 0.25) is 5.91 Å². The third-order valence-corrected chi connectivity index (χ3v) is 4.08. The van der Waals surface area contributed by atoms with E-state index in [0.717, 1.165) is 30.5 Å². The predicted molar refractivity (Wildman–Crippen MR) is 88.7 cm³/mol. The molecule has 0 aliphatic rings. The molecule has 1 amide bonds. The number of hydrogen-bond donors (Lipinski definition) is 2. The molecule has 2 atom stereocenters. The zero-order chi connectivity index (χ0) is 16.5. The molecule has 0 saturated heterocycles. The van der Waals surface area contributed by atoms with Crippen molar-refractivity contribution in [1.29, 1.82) is 0 Å². The molecule has 0 aromatic heterocycles. The van der Waals surface area contributed by atoms with Crippen LogP contribution >= 0.6 is 0 Å². The van der Waals surface area contributed by atoms with Gasteiger partial charge in [-0.25, -0.2) is 0 Å². The van der Waals surface area contributed by atoms with Crippen LogP contribution in [-0.2, 0) is 9.59 Å². The Kier molecular flexibility index (Phi) is 7.82. The van der Waals surface area contributed by atoms with Gasteiger partial charge in [0.1, 0.15) is 6.61 Å². The van der Waals surface area contributed by atoms with E-state index in [9.17, 15) is 9.59 Å². The van der Waals surface area contributed by atoms with Crippen LogP contribution in [0.5, 0.6) is 0 Å². The first-order valence-corrected chi connectivity index (χ1v) is 7.99. The van der Waals surface area contributed by atoms with Gasteiger partial charge in [-0.1, -0.05) is 38.0 Å². The number of amides is 1. The number of aliphatic hydroxyl groups excluding tert-OH is 1. The van der Waals surface area contributed by atoms with Gasteiger partial charge in [-0.05, 0) is 38.3 Å². The van der Waals surface area contributed by atoms with Crippen molar-refractivity contribution in [3.8, 4) is 0 Å². The lowest BCUT2D eigenvalue weighted by Gasteiger charge is -2.16.